The maximum absolute atomic E-state index is 6.27. The highest BCUT2D eigenvalue weighted by Gasteiger charge is 2.08. The Morgan fingerprint density at radius 2 is 2.05 bits per heavy atom. The molecule has 0 fully saturated rings. The van der Waals surface area contributed by atoms with Gasteiger partial charge in [-0.15, -0.1) is 0 Å². The molecule has 1 aromatic heterocycles. The molecule has 1 heterocycles. The van der Waals surface area contributed by atoms with E-state index >= 15 is 0 Å². The smallest absolute Gasteiger partial charge is 0.138 e. The molecule has 0 aliphatic carbocycles. The Labute approximate surface area is 128 Å². The van der Waals surface area contributed by atoms with Crippen LogP contribution in [0, 0.1) is 6.92 Å². The van der Waals surface area contributed by atoms with Crippen LogP contribution in [0.1, 0.15) is 18.9 Å². The zero-order valence-electron chi connectivity index (χ0n) is 12.1. The second kappa shape index (κ2) is 5.78. The predicted molar refractivity (Wildman–Crippen MR) is 87.1 cm³/mol. The Kier molecular flexibility index (Phi) is 3.84. The van der Waals surface area contributed by atoms with Gasteiger partial charge < -0.3 is 9.72 Å². The number of nitrogens with zero attached hydrogens (tertiary/aromatic N) is 1. The average molecular weight is 301 g/mol. The van der Waals surface area contributed by atoms with Crippen LogP contribution in [0.15, 0.2) is 36.4 Å². The van der Waals surface area contributed by atoms with Gasteiger partial charge in [-0.1, -0.05) is 24.6 Å². The summed E-state index contributed by atoms with van der Waals surface area (Å²) in [7, 11) is 0. The van der Waals surface area contributed by atoms with Crippen LogP contribution in [0.2, 0.25) is 5.02 Å². The van der Waals surface area contributed by atoms with E-state index in [2.05, 4.69) is 35.9 Å². The maximum Gasteiger partial charge on any atom is 0.138 e. The van der Waals surface area contributed by atoms with E-state index in [1.54, 1.807) is 0 Å². The second-order valence-corrected chi connectivity index (χ2v) is 5.51. The van der Waals surface area contributed by atoms with Gasteiger partial charge in [0.1, 0.15) is 11.6 Å². The Balaban J connectivity index is 1.96. The van der Waals surface area contributed by atoms with Crippen molar-refractivity contribution < 1.29 is 4.74 Å². The Morgan fingerprint density at radius 3 is 2.81 bits per heavy atom. The minimum absolute atomic E-state index is 0.609. The summed E-state index contributed by atoms with van der Waals surface area (Å²) in [4.78, 5) is 7.93. The van der Waals surface area contributed by atoms with E-state index in [1.165, 1.54) is 5.56 Å². The highest BCUT2D eigenvalue weighted by molar-refractivity contribution is 6.32. The Bertz CT molecular complexity index is 780. The molecule has 2 aromatic carbocycles. The lowest BCUT2D eigenvalue weighted by molar-refractivity contribution is 0.317. The standard InChI is InChI=1S/C17H17ClN2O/c1-3-8-21-16-7-5-12(10-13(16)18)17-19-14-6-4-11(2)9-15(14)20-17/h4-7,9-10H,3,8H2,1-2H3,(H,19,20). The van der Waals surface area contributed by atoms with Gasteiger partial charge in [-0.3, -0.25) is 0 Å². The van der Waals surface area contributed by atoms with Crippen molar-refractivity contribution in [3.63, 3.8) is 0 Å². The van der Waals surface area contributed by atoms with E-state index in [4.69, 9.17) is 16.3 Å². The molecule has 0 radical (unpaired) electrons. The monoisotopic (exact) mass is 300 g/mol. The lowest BCUT2D eigenvalue weighted by Crippen LogP contribution is -1.95. The summed E-state index contributed by atoms with van der Waals surface area (Å²) < 4.78 is 5.59. The molecule has 0 aliphatic heterocycles. The molecule has 3 nitrogen and oxygen atoms in total. The number of hydrogen-bond donors (Lipinski definition) is 1. The van der Waals surface area contributed by atoms with Crippen molar-refractivity contribution in [3.8, 4) is 17.1 Å². The molecule has 4 heteroatoms. The van der Waals surface area contributed by atoms with Gasteiger partial charge in [0.25, 0.3) is 0 Å². The third kappa shape index (κ3) is 2.88. The van der Waals surface area contributed by atoms with Crippen LogP contribution in [0.25, 0.3) is 22.4 Å². The van der Waals surface area contributed by atoms with Crippen molar-refractivity contribution in [3.05, 3.63) is 47.0 Å². The molecule has 0 atom stereocenters. The molecule has 3 aromatic rings. The number of nitrogens with one attached hydrogen (secondary N) is 1. The fraction of sp³-hybridized carbons (Fsp3) is 0.235. The van der Waals surface area contributed by atoms with Crippen LogP contribution in [0.4, 0.5) is 0 Å². The lowest BCUT2D eigenvalue weighted by atomic mass is 10.2. The summed E-state index contributed by atoms with van der Waals surface area (Å²) >= 11 is 6.27. The molecule has 0 amide bonds. The number of benzene rings is 2. The maximum atomic E-state index is 6.27. The number of ether oxygens (including phenoxy) is 1. The average Bonchev–Trinajstić information content (AvgIpc) is 2.89. The molecule has 21 heavy (non-hydrogen) atoms. The number of imidazole rings is 1. The van der Waals surface area contributed by atoms with Crippen LogP contribution >= 0.6 is 11.6 Å². The molecule has 0 bridgehead atoms. The SMILES string of the molecule is CCCOc1ccc(-c2nc3ccc(C)cc3[nH]2)cc1Cl. The first-order valence-corrected chi connectivity index (χ1v) is 7.44. The zero-order chi connectivity index (χ0) is 14.8. The molecular weight excluding hydrogens is 284 g/mol. The molecular formula is C17H17ClN2O. The van der Waals surface area contributed by atoms with Crippen molar-refractivity contribution in [1.29, 1.82) is 0 Å². The van der Waals surface area contributed by atoms with Crippen LogP contribution in [-0.2, 0) is 0 Å². The van der Waals surface area contributed by atoms with Gasteiger partial charge in [-0.05, 0) is 49.2 Å². The minimum atomic E-state index is 0.609. The van der Waals surface area contributed by atoms with Crippen molar-refractivity contribution in [2.75, 3.05) is 6.61 Å². The molecule has 0 saturated carbocycles. The minimum Gasteiger partial charge on any atom is -0.492 e. The van der Waals surface area contributed by atoms with Gasteiger partial charge >= 0.3 is 0 Å². The van der Waals surface area contributed by atoms with E-state index in [-0.39, 0.29) is 0 Å². The van der Waals surface area contributed by atoms with Gasteiger partial charge in [-0.25, -0.2) is 4.98 Å². The predicted octanol–water partition coefficient (Wildman–Crippen LogP) is 4.98. The normalized spacial score (nSPS) is 11.0. The van der Waals surface area contributed by atoms with Gasteiger partial charge in [-0.2, -0.15) is 0 Å². The van der Waals surface area contributed by atoms with Gasteiger partial charge in [0.15, 0.2) is 0 Å². The zero-order valence-corrected chi connectivity index (χ0v) is 12.9. The number of H-pyrrole nitrogens is 1. The van der Waals surface area contributed by atoms with Gasteiger partial charge in [0.2, 0.25) is 0 Å². The number of hydrogen-bond acceptors (Lipinski definition) is 2. The van der Waals surface area contributed by atoms with E-state index in [0.29, 0.717) is 17.4 Å². The number of fused-ring (bicyclic) bond motifs is 1. The number of aromatic amines is 1. The van der Waals surface area contributed by atoms with Crippen LogP contribution in [-0.4, -0.2) is 16.6 Å². The molecule has 0 unspecified atom stereocenters. The van der Waals surface area contributed by atoms with Crippen LogP contribution < -0.4 is 4.74 Å². The van der Waals surface area contributed by atoms with Gasteiger partial charge in [0.05, 0.1) is 22.7 Å². The first-order valence-electron chi connectivity index (χ1n) is 7.06. The number of aryl methyl sites for hydroxylation is 1. The summed E-state index contributed by atoms with van der Waals surface area (Å²) in [6.45, 7) is 4.80. The third-order valence-corrected chi connectivity index (χ3v) is 3.60. The van der Waals surface area contributed by atoms with Gasteiger partial charge in [0, 0.05) is 5.56 Å². The van der Waals surface area contributed by atoms with Crippen LogP contribution in [0.5, 0.6) is 5.75 Å². The first-order chi connectivity index (χ1) is 10.2. The van der Waals surface area contributed by atoms with Crippen molar-refractivity contribution in [2.24, 2.45) is 0 Å². The van der Waals surface area contributed by atoms with E-state index in [0.717, 1.165) is 28.8 Å². The van der Waals surface area contributed by atoms with E-state index in [9.17, 15) is 0 Å². The summed E-state index contributed by atoms with van der Waals surface area (Å²) in [5.41, 5.74) is 4.15. The topological polar surface area (TPSA) is 37.9 Å². The second-order valence-electron chi connectivity index (χ2n) is 5.10. The third-order valence-electron chi connectivity index (χ3n) is 3.30. The molecule has 108 valence electrons. The summed E-state index contributed by atoms with van der Waals surface area (Å²) in [6, 6.07) is 11.9. The number of halogens is 1. The van der Waals surface area contributed by atoms with Crippen molar-refractivity contribution in [2.45, 2.75) is 20.3 Å². The molecule has 1 N–H and O–H groups in total. The van der Waals surface area contributed by atoms with E-state index < -0.39 is 0 Å². The van der Waals surface area contributed by atoms with E-state index in [1.807, 2.05) is 24.3 Å². The largest absolute Gasteiger partial charge is 0.492 e. The van der Waals surface area contributed by atoms with Crippen LogP contribution in [0.3, 0.4) is 0 Å². The molecule has 0 saturated heterocycles. The fourth-order valence-corrected chi connectivity index (χ4v) is 2.47. The highest BCUT2D eigenvalue weighted by Crippen LogP contribution is 2.30. The quantitative estimate of drug-likeness (QED) is 0.738. The summed E-state index contributed by atoms with van der Waals surface area (Å²) in [5.74, 6) is 1.54. The molecule has 0 spiro atoms. The number of rotatable bonds is 4. The fourth-order valence-electron chi connectivity index (χ4n) is 2.24. The first kappa shape index (κ1) is 14.0. The van der Waals surface area contributed by atoms with Crippen molar-refractivity contribution in [1.82, 2.24) is 9.97 Å². The number of aromatic nitrogens is 2. The van der Waals surface area contributed by atoms with Crippen molar-refractivity contribution >= 4 is 22.6 Å². The summed E-state index contributed by atoms with van der Waals surface area (Å²) in [5, 5.41) is 0.609. The Morgan fingerprint density at radius 1 is 1.19 bits per heavy atom. The lowest BCUT2D eigenvalue weighted by Gasteiger charge is -2.07. The summed E-state index contributed by atoms with van der Waals surface area (Å²) in [6.07, 6.45) is 0.959. The Hall–Kier alpha value is -2.00. The molecule has 0 aliphatic rings. The molecule has 3 rings (SSSR count). The highest BCUT2D eigenvalue weighted by atomic mass is 35.5.